The lowest BCUT2D eigenvalue weighted by Crippen LogP contribution is -1.92. The van der Waals surface area contributed by atoms with E-state index in [0.717, 1.165) is 0 Å². The predicted octanol–water partition coefficient (Wildman–Crippen LogP) is 4.59. The molecule has 3 nitrogen and oxygen atoms in total. The van der Waals surface area contributed by atoms with E-state index >= 15 is 0 Å². The van der Waals surface area contributed by atoms with E-state index in [1.165, 1.54) is 24.4 Å². The molecule has 2 aromatic rings. The van der Waals surface area contributed by atoms with Crippen molar-refractivity contribution in [3.8, 4) is 11.6 Å². The fourth-order valence-electron chi connectivity index (χ4n) is 1.05. The maximum atomic E-state index is 13.0. The molecule has 0 aliphatic heterocycles. The largest absolute Gasteiger partial charge is 0.438 e. The van der Waals surface area contributed by atoms with Crippen LogP contribution in [0.5, 0.6) is 11.6 Å². The molecule has 1 aromatic carbocycles. The molecule has 1 aromatic heterocycles. The third-order valence-corrected chi connectivity index (χ3v) is 3.12. The van der Waals surface area contributed by atoms with Crippen LogP contribution < -0.4 is 4.74 Å². The molecule has 0 spiro atoms. The first-order chi connectivity index (χ1) is 8.06. The Morgan fingerprint density at radius 1 is 1.24 bits per heavy atom. The van der Waals surface area contributed by atoms with E-state index in [4.69, 9.17) is 16.3 Å². The van der Waals surface area contributed by atoms with Gasteiger partial charge in [-0.25, -0.2) is 9.37 Å². The van der Waals surface area contributed by atoms with Crippen LogP contribution in [0.25, 0.3) is 0 Å². The molecule has 2 rings (SSSR count). The van der Waals surface area contributed by atoms with E-state index in [2.05, 4.69) is 41.8 Å². The van der Waals surface area contributed by atoms with Gasteiger partial charge in [-0.1, -0.05) is 0 Å². The predicted molar refractivity (Wildman–Crippen MR) is 68.9 cm³/mol. The van der Waals surface area contributed by atoms with Crippen molar-refractivity contribution in [2.75, 3.05) is 0 Å². The summed E-state index contributed by atoms with van der Waals surface area (Å²) in [5, 5.41) is 0.0735. The van der Waals surface area contributed by atoms with Gasteiger partial charge < -0.3 is 4.74 Å². The van der Waals surface area contributed by atoms with Crippen LogP contribution in [0, 0.1) is 5.82 Å². The monoisotopic (exact) mass is 380 g/mol. The maximum absolute atomic E-state index is 13.0. The molecule has 0 radical (unpaired) electrons. The molecule has 0 atom stereocenters. The number of hydrogen-bond acceptors (Lipinski definition) is 3. The molecular weight excluding hydrogens is 378 g/mol. The minimum Gasteiger partial charge on any atom is -0.438 e. The molecule has 0 amide bonds. The second-order valence-corrected chi connectivity index (χ2v) is 5.02. The topological polar surface area (TPSA) is 35.0 Å². The summed E-state index contributed by atoms with van der Waals surface area (Å²) in [7, 11) is 0. The number of nitrogens with zero attached hydrogens (tertiary/aromatic N) is 2. The van der Waals surface area contributed by atoms with Gasteiger partial charge in [0.2, 0.25) is 11.2 Å². The van der Waals surface area contributed by atoms with E-state index in [9.17, 15) is 4.39 Å². The van der Waals surface area contributed by atoms with E-state index < -0.39 is 0 Å². The van der Waals surface area contributed by atoms with E-state index in [1.807, 2.05) is 0 Å². The second kappa shape index (κ2) is 5.29. The third kappa shape index (κ3) is 3.14. The number of ether oxygens (including phenoxy) is 1. The minimum absolute atomic E-state index is 0.0735. The quantitative estimate of drug-likeness (QED) is 0.713. The first kappa shape index (κ1) is 12.7. The molecule has 0 unspecified atom stereocenters. The lowest BCUT2D eigenvalue weighted by molar-refractivity contribution is 0.456. The molecule has 0 N–H and O–H groups in total. The van der Waals surface area contributed by atoms with Gasteiger partial charge in [-0.2, -0.15) is 4.98 Å². The third-order valence-electron chi connectivity index (χ3n) is 1.79. The Kier molecular flexibility index (Phi) is 3.96. The summed E-state index contributed by atoms with van der Waals surface area (Å²) >= 11 is 11.9. The van der Waals surface area contributed by atoms with Crippen LogP contribution >= 0.6 is 43.5 Å². The zero-order valence-electron chi connectivity index (χ0n) is 8.12. The van der Waals surface area contributed by atoms with Gasteiger partial charge in [0.05, 0.1) is 8.95 Å². The molecular formula is C10H4Br2ClFN2O. The Balaban J connectivity index is 2.31. The van der Waals surface area contributed by atoms with Crippen molar-refractivity contribution >= 4 is 43.5 Å². The second-order valence-electron chi connectivity index (χ2n) is 2.97. The van der Waals surface area contributed by atoms with E-state index in [1.54, 1.807) is 0 Å². The summed E-state index contributed by atoms with van der Waals surface area (Å²) < 4.78 is 19.3. The molecule has 7 heteroatoms. The number of aromatic nitrogens is 2. The van der Waals surface area contributed by atoms with Crippen molar-refractivity contribution in [3.63, 3.8) is 0 Å². The molecule has 0 aliphatic carbocycles. The summed E-state index contributed by atoms with van der Waals surface area (Å²) in [4.78, 5) is 7.67. The van der Waals surface area contributed by atoms with Gasteiger partial charge in [-0.3, -0.25) is 0 Å². The summed E-state index contributed by atoms with van der Waals surface area (Å²) in [5.74, 6) is 0.342. The molecule has 88 valence electrons. The highest BCUT2D eigenvalue weighted by atomic mass is 79.9. The lowest BCUT2D eigenvalue weighted by Gasteiger charge is -2.06. The number of benzene rings is 1. The average molecular weight is 382 g/mol. The molecule has 17 heavy (non-hydrogen) atoms. The first-order valence-electron chi connectivity index (χ1n) is 4.37. The molecule has 0 saturated heterocycles. The van der Waals surface area contributed by atoms with Gasteiger partial charge >= 0.3 is 0 Å². The number of rotatable bonds is 2. The van der Waals surface area contributed by atoms with Crippen molar-refractivity contribution in [2.45, 2.75) is 0 Å². The van der Waals surface area contributed by atoms with Crippen LogP contribution in [0.3, 0.4) is 0 Å². The van der Waals surface area contributed by atoms with Crippen molar-refractivity contribution in [1.29, 1.82) is 0 Å². The zero-order chi connectivity index (χ0) is 12.4. The number of halogens is 4. The SMILES string of the molecule is Fc1ccc(Oc2nc(Cl)ncc2Br)cc1Br. The smallest absolute Gasteiger partial charge is 0.237 e. The summed E-state index contributed by atoms with van der Waals surface area (Å²) in [5.41, 5.74) is 0. The van der Waals surface area contributed by atoms with Crippen molar-refractivity contribution < 1.29 is 9.13 Å². The van der Waals surface area contributed by atoms with Crippen LogP contribution in [-0.2, 0) is 0 Å². The molecule has 0 bridgehead atoms. The van der Waals surface area contributed by atoms with Crippen LogP contribution in [0.4, 0.5) is 4.39 Å². The minimum atomic E-state index is -0.364. The Morgan fingerprint density at radius 3 is 2.71 bits per heavy atom. The molecule has 0 saturated carbocycles. The van der Waals surface area contributed by atoms with Gasteiger partial charge in [0.25, 0.3) is 0 Å². The van der Waals surface area contributed by atoms with Crippen molar-refractivity contribution in [2.24, 2.45) is 0 Å². The highest BCUT2D eigenvalue weighted by Crippen LogP contribution is 2.30. The highest BCUT2D eigenvalue weighted by Gasteiger charge is 2.08. The summed E-state index contributed by atoms with van der Waals surface area (Å²) in [6.07, 6.45) is 1.48. The summed E-state index contributed by atoms with van der Waals surface area (Å²) in [6.45, 7) is 0. The first-order valence-corrected chi connectivity index (χ1v) is 6.33. The fraction of sp³-hybridized carbons (Fsp3) is 0. The average Bonchev–Trinajstić information content (AvgIpc) is 2.29. The summed E-state index contributed by atoms with van der Waals surface area (Å²) in [6, 6.07) is 4.27. The zero-order valence-corrected chi connectivity index (χ0v) is 12.1. The molecule has 1 heterocycles. The van der Waals surface area contributed by atoms with Crippen LogP contribution in [0.15, 0.2) is 33.3 Å². The standard InChI is InChI=1S/C10H4Br2ClFN2O/c11-6-3-5(1-2-8(6)14)17-9-7(12)4-15-10(13)16-9/h1-4H. The molecule has 0 aliphatic rings. The van der Waals surface area contributed by atoms with Gasteiger partial charge in [0.15, 0.2) is 0 Å². The fourth-order valence-corrected chi connectivity index (χ4v) is 1.81. The van der Waals surface area contributed by atoms with Gasteiger partial charge in [0, 0.05) is 6.20 Å². The Morgan fingerprint density at radius 2 is 2.00 bits per heavy atom. The van der Waals surface area contributed by atoms with Gasteiger partial charge in [0.1, 0.15) is 11.6 Å². The molecule has 0 fully saturated rings. The van der Waals surface area contributed by atoms with E-state index in [-0.39, 0.29) is 17.0 Å². The Bertz CT molecular complexity index is 568. The van der Waals surface area contributed by atoms with Crippen molar-refractivity contribution in [1.82, 2.24) is 9.97 Å². The Labute approximate surface area is 118 Å². The van der Waals surface area contributed by atoms with Gasteiger partial charge in [-0.15, -0.1) is 0 Å². The highest BCUT2D eigenvalue weighted by molar-refractivity contribution is 9.10. The van der Waals surface area contributed by atoms with Crippen LogP contribution in [0.1, 0.15) is 0 Å². The Hall–Kier alpha value is -0.720. The lowest BCUT2D eigenvalue weighted by atomic mass is 10.3. The van der Waals surface area contributed by atoms with Gasteiger partial charge in [-0.05, 0) is 61.7 Å². The van der Waals surface area contributed by atoms with Crippen molar-refractivity contribution in [3.05, 3.63) is 44.4 Å². The van der Waals surface area contributed by atoms with Crippen LogP contribution in [-0.4, -0.2) is 9.97 Å². The maximum Gasteiger partial charge on any atom is 0.237 e. The van der Waals surface area contributed by atoms with E-state index in [0.29, 0.717) is 14.7 Å². The van der Waals surface area contributed by atoms with Crippen LogP contribution in [0.2, 0.25) is 5.28 Å². The number of hydrogen-bond donors (Lipinski definition) is 0. The normalized spacial score (nSPS) is 10.4.